The highest BCUT2D eigenvalue weighted by atomic mass is 15.1. The highest BCUT2D eigenvalue weighted by Crippen LogP contribution is 2.35. The van der Waals surface area contributed by atoms with E-state index in [9.17, 15) is 5.26 Å². The molecule has 0 fully saturated rings. The fraction of sp³-hybridized carbons (Fsp3) is 0.158. The molecule has 1 heterocycles. The van der Waals surface area contributed by atoms with Crippen LogP contribution in [0.25, 0.3) is 5.70 Å². The van der Waals surface area contributed by atoms with E-state index >= 15 is 0 Å². The summed E-state index contributed by atoms with van der Waals surface area (Å²) in [5, 5.41) is 18.6. The van der Waals surface area contributed by atoms with E-state index < -0.39 is 0 Å². The molecular formula is C19H15N3. The molecule has 106 valence electrons. The Labute approximate surface area is 130 Å². The summed E-state index contributed by atoms with van der Waals surface area (Å²) in [5.74, 6) is 0. The SMILES string of the molecule is N#CC/C(C#N)=C1\c2ccccc2CCN1c1ccccc1. The van der Waals surface area contributed by atoms with E-state index in [-0.39, 0.29) is 6.42 Å². The third-order valence-electron chi connectivity index (χ3n) is 3.89. The Hall–Kier alpha value is -3.04. The van der Waals surface area contributed by atoms with Crippen LogP contribution in [0.15, 0.2) is 60.2 Å². The van der Waals surface area contributed by atoms with E-state index in [4.69, 9.17) is 5.26 Å². The second-order valence-corrected chi connectivity index (χ2v) is 5.17. The van der Waals surface area contributed by atoms with Crippen LogP contribution in [0.5, 0.6) is 0 Å². The average molecular weight is 285 g/mol. The van der Waals surface area contributed by atoms with Crippen LogP contribution in [0.1, 0.15) is 17.5 Å². The van der Waals surface area contributed by atoms with Crippen LogP contribution >= 0.6 is 0 Å². The number of hydrogen-bond donors (Lipinski definition) is 0. The van der Waals surface area contributed by atoms with Gasteiger partial charge in [0.15, 0.2) is 0 Å². The molecule has 0 saturated heterocycles. The minimum absolute atomic E-state index is 0.128. The Morgan fingerprint density at radius 3 is 2.45 bits per heavy atom. The zero-order valence-electron chi connectivity index (χ0n) is 12.2. The first-order valence-electron chi connectivity index (χ1n) is 7.26. The summed E-state index contributed by atoms with van der Waals surface area (Å²) in [6, 6.07) is 22.5. The second-order valence-electron chi connectivity index (χ2n) is 5.17. The van der Waals surface area contributed by atoms with Gasteiger partial charge in [0.25, 0.3) is 0 Å². The van der Waals surface area contributed by atoms with E-state index in [2.05, 4.69) is 23.1 Å². The van der Waals surface area contributed by atoms with E-state index in [1.54, 1.807) is 0 Å². The fourth-order valence-corrected chi connectivity index (χ4v) is 2.91. The summed E-state index contributed by atoms with van der Waals surface area (Å²) in [6.45, 7) is 0.812. The van der Waals surface area contributed by atoms with Gasteiger partial charge in [0.05, 0.1) is 29.8 Å². The molecule has 0 radical (unpaired) electrons. The van der Waals surface area contributed by atoms with Gasteiger partial charge in [-0.2, -0.15) is 10.5 Å². The van der Waals surface area contributed by atoms with Crippen LogP contribution in [0.3, 0.4) is 0 Å². The molecule has 0 spiro atoms. The number of hydrogen-bond acceptors (Lipinski definition) is 3. The van der Waals surface area contributed by atoms with Gasteiger partial charge in [-0.05, 0) is 24.1 Å². The lowest BCUT2D eigenvalue weighted by Gasteiger charge is -2.34. The summed E-state index contributed by atoms with van der Waals surface area (Å²) < 4.78 is 0. The van der Waals surface area contributed by atoms with Gasteiger partial charge in [-0.15, -0.1) is 0 Å². The Balaban J connectivity index is 2.21. The highest BCUT2D eigenvalue weighted by Gasteiger charge is 2.25. The van der Waals surface area contributed by atoms with Crippen molar-refractivity contribution in [2.75, 3.05) is 11.4 Å². The molecule has 1 aliphatic rings. The monoisotopic (exact) mass is 285 g/mol. The molecule has 0 saturated carbocycles. The number of anilines is 1. The molecule has 0 atom stereocenters. The molecule has 0 N–H and O–H groups in total. The highest BCUT2D eigenvalue weighted by molar-refractivity contribution is 5.86. The van der Waals surface area contributed by atoms with Crippen molar-refractivity contribution in [1.82, 2.24) is 0 Å². The normalized spacial score (nSPS) is 15.5. The summed E-state index contributed by atoms with van der Waals surface area (Å²) in [6.07, 6.45) is 1.06. The molecule has 1 aliphatic heterocycles. The molecule has 2 aromatic carbocycles. The molecule has 3 rings (SSSR count). The van der Waals surface area contributed by atoms with Crippen molar-refractivity contribution in [2.45, 2.75) is 12.8 Å². The van der Waals surface area contributed by atoms with Crippen molar-refractivity contribution in [3.63, 3.8) is 0 Å². The van der Waals surface area contributed by atoms with Gasteiger partial charge in [0, 0.05) is 17.8 Å². The zero-order valence-corrected chi connectivity index (χ0v) is 12.2. The first-order valence-corrected chi connectivity index (χ1v) is 7.26. The average Bonchev–Trinajstić information content (AvgIpc) is 2.59. The number of rotatable bonds is 2. The van der Waals surface area contributed by atoms with E-state index in [0.717, 1.165) is 29.9 Å². The summed E-state index contributed by atoms with van der Waals surface area (Å²) in [5.41, 5.74) is 4.74. The summed E-state index contributed by atoms with van der Waals surface area (Å²) in [4.78, 5) is 2.15. The topological polar surface area (TPSA) is 50.8 Å². The smallest absolute Gasteiger partial charge is 0.0980 e. The van der Waals surface area contributed by atoms with Crippen LogP contribution in [0.4, 0.5) is 5.69 Å². The molecule has 22 heavy (non-hydrogen) atoms. The Morgan fingerprint density at radius 2 is 1.73 bits per heavy atom. The van der Waals surface area contributed by atoms with Crippen LogP contribution in [-0.2, 0) is 6.42 Å². The quantitative estimate of drug-likeness (QED) is 0.786. The number of allylic oxidation sites excluding steroid dienone is 1. The first-order chi connectivity index (χ1) is 10.8. The largest absolute Gasteiger partial charge is 0.340 e. The predicted molar refractivity (Wildman–Crippen MR) is 86.7 cm³/mol. The van der Waals surface area contributed by atoms with Gasteiger partial charge in [-0.3, -0.25) is 0 Å². The number of benzene rings is 2. The lowest BCUT2D eigenvalue weighted by molar-refractivity contribution is 0.879. The van der Waals surface area contributed by atoms with Crippen molar-refractivity contribution >= 4 is 11.4 Å². The summed E-state index contributed by atoms with van der Waals surface area (Å²) >= 11 is 0. The number of nitriles is 2. The Morgan fingerprint density at radius 1 is 1.00 bits per heavy atom. The lowest BCUT2D eigenvalue weighted by Crippen LogP contribution is -2.30. The summed E-state index contributed by atoms with van der Waals surface area (Å²) in [7, 11) is 0. The van der Waals surface area contributed by atoms with Gasteiger partial charge >= 0.3 is 0 Å². The first kappa shape index (κ1) is 13.9. The molecule has 0 bridgehead atoms. The maximum absolute atomic E-state index is 9.51. The second kappa shape index (κ2) is 6.16. The predicted octanol–water partition coefficient (Wildman–Crippen LogP) is 3.90. The number of fused-ring (bicyclic) bond motifs is 1. The van der Waals surface area contributed by atoms with Crippen molar-refractivity contribution < 1.29 is 0 Å². The van der Waals surface area contributed by atoms with Gasteiger partial charge in [-0.25, -0.2) is 0 Å². The zero-order chi connectivity index (χ0) is 15.4. The van der Waals surface area contributed by atoms with E-state index in [1.807, 2.05) is 48.5 Å². The number of nitrogens with zero attached hydrogens (tertiary/aromatic N) is 3. The third kappa shape index (κ3) is 2.45. The third-order valence-corrected chi connectivity index (χ3v) is 3.89. The van der Waals surface area contributed by atoms with Crippen molar-refractivity contribution in [1.29, 1.82) is 10.5 Å². The molecular weight excluding hydrogens is 270 g/mol. The molecule has 3 nitrogen and oxygen atoms in total. The van der Waals surface area contributed by atoms with Crippen molar-refractivity contribution in [3.05, 3.63) is 71.3 Å². The van der Waals surface area contributed by atoms with Gasteiger partial charge < -0.3 is 4.90 Å². The van der Waals surface area contributed by atoms with Crippen molar-refractivity contribution in [2.24, 2.45) is 0 Å². The van der Waals surface area contributed by atoms with Crippen LogP contribution < -0.4 is 4.90 Å². The fourth-order valence-electron chi connectivity index (χ4n) is 2.91. The molecule has 0 unspecified atom stereocenters. The van der Waals surface area contributed by atoms with Gasteiger partial charge in [0.1, 0.15) is 0 Å². The maximum atomic E-state index is 9.51. The van der Waals surface area contributed by atoms with E-state index in [1.165, 1.54) is 5.56 Å². The minimum Gasteiger partial charge on any atom is -0.340 e. The van der Waals surface area contributed by atoms with Crippen molar-refractivity contribution in [3.8, 4) is 12.1 Å². The van der Waals surface area contributed by atoms with E-state index in [0.29, 0.717) is 5.57 Å². The standard InChI is InChI=1S/C19H15N3/c20-12-10-16(14-21)19-18-9-5-4-6-15(18)11-13-22(19)17-7-2-1-3-8-17/h1-9H,10-11,13H2/b19-16-. The van der Waals surface area contributed by atoms with Gasteiger partial charge in [0.2, 0.25) is 0 Å². The van der Waals surface area contributed by atoms with Gasteiger partial charge in [-0.1, -0.05) is 42.5 Å². The maximum Gasteiger partial charge on any atom is 0.0980 e. The number of para-hydroxylation sites is 1. The van der Waals surface area contributed by atoms with Crippen LogP contribution in [0, 0.1) is 22.7 Å². The van der Waals surface area contributed by atoms with Crippen LogP contribution in [-0.4, -0.2) is 6.54 Å². The molecule has 3 heteroatoms. The molecule has 0 amide bonds. The molecule has 0 aromatic heterocycles. The molecule has 2 aromatic rings. The minimum atomic E-state index is 0.128. The lowest BCUT2D eigenvalue weighted by atomic mass is 9.92. The Bertz CT molecular complexity index is 791. The Kier molecular flexibility index (Phi) is 3.90. The molecule has 0 aliphatic carbocycles. The van der Waals surface area contributed by atoms with Crippen LogP contribution in [0.2, 0.25) is 0 Å².